The molecule has 0 radical (unpaired) electrons. The van der Waals surface area contributed by atoms with E-state index in [0.717, 1.165) is 0 Å². The van der Waals surface area contributed by atoms with E-state index in [0.29, 0.717) is 22.6 Å². The molecule has 1 aromatic carbocycles. The van der Waals surface area contributed by atoms with Gasteiger partial charge in [-0.05, 0) is 23.0 Å². The van der Waals surface area contributed by atoms with Gasteiger partial charge in [0.1, 0.15) is 11.3 Å². The quantitative estimate of drug-likeness (QED) is 0.580. The minimum Gasteiger partial charge on any atom is -0.507 e. The Balaban J connectivity index is 2.89. The first-order valence-electron chi connectivity index (χ1n) is 9.57. The number of ether oxygens (including phenoxy) is 1. The number of phenols is 1. The second-order valence-electron chi connectivity index (χ2n) is 9.46. The molecule has 1 heterocycles. The highest BCUT2D eigenvalue weighted by Crippen LogP contribution is 2.42. The van der Waals surface area contributed by atoms with Gasteiger partial charge in [0.2, 0.25) is 5.95 Å². The Kier molecular flexibility index (Phi) is 6.11. The van der Waals surface area contributed by atoms with Crippen LogP contribution in [0.25, 0.3) is 11.3 Å². The van der Waals surface area contributed by atoms with Gasteiger partial charge in [0, 0.05) is 37.0 Å². The third-order valence-corrected chi connectivity index (χ3v) is 4.59. The summed E-state index contributed by atoms with van der Waals surface area (Å²) in [6.07, 6.45) is 0.0997. The lowest BCUT2D eigenvalue weighted by atomic mass is 9.78. The van der Waals surface area contributed by atoms with E-state index < -0.39 is 12.1 Å². The fourth-order valence-corrected chi connectivity index (χ4v) is 3.02. The highest BCUT2D eigenvalue weighted by atomic mass is 16.6. The number of primary amides is 1. The molecule has 2 rings (SSSR count). The van der Waals surface area contributed by atoms with Crippen molar-refractivity contribution < 1.29 is 19.4 Å². The van der Waals surface area contributed by atoms with Gasteiger partial charge in [-0.25, -0.2) is 19.6 Å². The number of nitrogens with zero attached hydrogens (tertiary/aromatic N) is 3. The van der Waals surface area contributed by atoms with E-state index in [4.69, 9.17) is 5.73 Å². The fourth-order valence-electron chi connectivity index (χ4n) is 3.02. The summed E-state index contributed by atoms with van der Waals surface area (Å²) in [6, 6.07) is 3.60. The minimum absolute atomic E-state index is 0.00445. The number of aromatic nitrogens is 2. The Bertz CT molecular complexity index is 951. The van der Waals surface area contributed by atoms with Gasteiger partial charge >= 0.3 is 12.1 Å². The van der Waals surface area contributed by atoms with Gasteiger partial charge < -0.3 is 20.5 Å². The highest BCUT2D eigenvalue weighted by molar-refractivity contribution is 6.00. The molecule has 30 heavy (non-hydrogen) atoms. The normalized spacial score (nSPS) is 11.9. The molecule has 2 aromatic rings. The molecule has 0 saturated carbocycles. The topological polar surface area (TPSA) is 119 Å². The number of rotatable bonds is 3. The molecule has 0 aliphatic heterocycles. The van der Waals surface area contributed by atoms with E-state index in [1.807, 2.05) is 41.5 Å². The van der Waals surface area contributed by atoms with Gasteiger partial charge in [-0.15, -0.1) is 0 Å². The molecule has 0 fully saturated rings. The van der Waals surface area contributed by atoms with Crippen LogP contribution in [-0.4, -0.2) is 41.2 Å². The molecule has 0 atom stereocenters. The first-order chi connectivity index (χ1) is 13.6. The van der Waals surface area contributed by atoms with Crippen LogP contribution in [0.4, 0.5) is 10.7 Å². The predicted octanol–water partition coefficient (Wildman–Crippen LogP) is 3.75. The van der Waals surface area contributed by atoms with Crippen molar-refractivity contribution in [3.8, 4) is 17.0 Å². The van der Waals surface area contributed by atoms with Crippen molar-refractivity contribution in [1.29, 1.82) is 0 Å². The summed E-state index contributed by atoms with van der Waals surface area (Å²) in [4.78, 5) is 34.0. The molecule has 0 aliphatic carbocycles. The van der Waals surface area contributed by atoms with Crippen LogP contribution in [0.1, 0.15) is 63.0 Å². The standard InChI is InChI=1S/C22H30N4O4/c1-21(2,3)14-9-12(10-15(17(14)27)22(4,5)6)16-13(18(28)30-19(23)29)11-24-20(25-16)26(7)8/h9-11,27H,1-8H3,(H2,23,29). The Morgan fingerprint density at radius 3 is 1.93 bits per heavy atom. The molecule has 8 nitrogen and oxygen atoms in total. The van der Waals surface area contributed by atoms with Crippen LogP contribution in [0.2, 0.25) is 0 Å². The second-order valence-corrected chi connectivity index (χ2v) is 9.46. The highest BCUT2D eigenvalue weighted by Gasteiger charge is 2.29. The SMILES string of the molecule is CN(C)c1ncc(C(=O)OC(N)=O)c(-c2cc(C(C)(C)C)c(O)c(C(C)(C)C)c2)n1. The van der Waals surface area contributed by atoms with Crippen LogP contribution in [0.3, 0.4) is 0 Å². The van der Waals surface area contributed by atoms with Crippen LogP contribution < -0.4 is 10.6 Å². The van der Waals surface area contributed by atoms with Gasteiger partial charge in [-0.1, -0.05) is 41.5 Å². The van der Waals surface area contributed by atoms with Gasteiger partial charge in [-0.3, -0.25) is 0 Å². The van der Waals surface area contributed by atoms with Crippen LogP contribution in [0, 0.1) is 0 Å². The second kappa shape index (κ2) is 7.93. The van der Waals surface area contributed by atoms with Crippen LogP contribution in [0.15, 0.2) is 18.3 Å². The van der Waals surface area contributed by atoms with Gasteiger partial charge in [0.05, 0.1) is 5.69 Å². The maximum Gasteiger partial charge on any atom is 0.412 e. The smallest absolute Gasteiger partial charge is 0.412 e. The summed E-state index contributed by atoms with van der Waals surface area (Å²) >= 11 is 0. The summed E-state index contributed by atoms with van der Waals surface area (Å²) in [5, 5.41) is 11.0. The minimum atomic E-state index is -1.21. The van der Waals surface area contributed by atoms with Crippen molar-refractivity contribution in [3.05, 3.63) is 35.0 Å². The van der Waals surface area contributed by atoms with Crippen molar-refractivity contribution in [1.82, 2.24) is 9.97 Å². The number of carbonyl (C=O) groups excluding carboxylic acids is 2. The summed E-state index contributed by atoms with van der Waals surface area (Å²) in [5.41, 5.74) is 6.59. The lowest BCUT2D eigenvalue weighted by Crippen LogP contribution is -2.21. The summed E-state index contributed by atoms with van der Waals surface area (Å²) in [6.45, 7) is 12.0. The number of esters is 1. The Morgan fingerprint density at radius 2 is 1.53 bits per heavy atom. The molecule has 0 saturated heterocycles. The van der Waals surface area contributed by atoms with E-state index in [-0.39, 0.29) is 27.8 Å². The lowest BCUT2D eigenvalue weighted by Gasteiger charge is -2.28. The average Bonchev–Trinajstić information content (AvgIpc) is 2.58. The number of amides is 1. The maximum atomic E-state index is 12.5. The number of aromatic hydroxyl groups is 1. The molecule has 8 heteroatoms. The zero-order valence-corrected chi connectivity index (χ0v) is 18.8. The number of hydrogen-bond donors (Lipinski definition) is 2. The summed E-state index contributed by atoms with van der Waals surface area (Å²) < 4.78 is 4.57. The Morgan fingerprint density at radius 1 is 1.03 bits per heavy atom. The van der Waals surface area contributed by atoms with Gasteiger partial charge in [-0.2, -0.15) is 0 Å². The first-order valence-corrected chi connectivity index (χ1v) is 9.57. The summed E-state index contributed by atoms with van der Waals surface area (Å²) in [5.74, 6) is -0.351. The van der Waals surface area contributed by atoms with Crippen molar-refractivity contribution in [2.75, 3.05) is 19.0 Å². The number of carbonyl (C=O) groups is 2. The molecule has 0 bridgehead atoms. The van der Waals surface area contributed by atoms with Gasteiger partial charge in [0.15, 0.2) is 0 Å². The zero-order chi connectivity index (χ0) is 23.0. The van der Waals surface area contributed by atoms with E-state index in [1.54, 1.807) is 31.1 Å². The third-order valence-electron chi connectivity index (χ3n) is 4.59. The number of benzene rings is 1. The lowest BCUT2D eigenvalue weighted by molar-refractivity contribution is 0.0638. The molecular weight excluding hydrogens is 384 g/mol. The largest absolute Gasteiger partial charge is 0.507 e. The number of phenolic OH excluding ortho intramolecular Hbond substituents is 1. The molecule has 1 aromatic heterocycles. The van der Waals surface area contributed by atoms with Gasteiger partial charge in [0.25, 0.3) is 0 Å². The van der Waals surface area contributed by atoms with Crippen molar-refractivity contribution in [3.63, 3.8) is 0 Å². The number of hydrogen-bond acceptors (Lipinski definition) is 7. The van der Waals surface area contributed by atoms with E-state index >= 15 is 0 Å². The maximum absolute atomic E-state index is 12.5. The molecule has 1 amide bonds. The molecule has 162 valence electrons. The molecule has 0 unspecified atom stereocenters. The predicted molar refractivity (Wildman–Crippen MR) is 116 cm³/mol. The van der Waals surface area contributed by atoms with Crippen molar-refractivity contribution >= 4 is 18.0 Å². The molecule has 3 N–H and O–H groups in total. The van der Waals surface area contributed by atoms with Crippen LogP contribution in [0.5, 0.6) is 5.75 Å². The summed E-state index contributed by atoms with van der Waals surface area (Å²) in [7, 11) is 3.55. The average molecular weight is 415 g/mol. The third kappa shape index (κ3) is 4.87. The monoisotopic (exact) mass is 414 g/mol. The molecule has 0 aliphatic rings. The van der Waals surface area contributed by atoms with E-state index in [1.165, 1.54) is 6.20 Å². The Hall–Kier alpha value is -3.16. The fraction of sp³-hybridized carbons (Fsp3) is 0.455. The first kappa shape index (κ1) is 23.1. The van der Waals surface area contributed by atoms with Crippen LogP contribution in [-0.2, 0) is 15.6 Å². The number of anilines is 1. The Labute approximate surface area is 177 Å². The van der Waals surface area contributed by atoms with Crippen LogP contribution >= 0.6 is 0 Å². The van der Waals surface area contributed by atoms with Crippen molar-refractivity contribution in [2.24, 2.45) is 5.73 Å². The van der Waals surface area contributed by atoms with Crippen molar-refractivity contribution in [2.45, 2.75) is 52.4 Å². The van der Waals surface area contributed by atoms with E-state index in [9.17, 15) is 14.7 Å². The van der Waals surface area contributed by atoms with E-state index in [2.05, 4.69) is 14.7 Å². The number of nitrogens with two attached hydrogens (primary N) is 1. The molecule has 0 spiro atoms. The molecular formula is C22H30N4O4. The zero-order valence-electron chi connectivity index (χ0n) is 18.8.